The molecule has 0 heterocycles. The van der Waals surface area contributed by atoms with Gasteiger partial charge in [0.15, 0.2) is 5.66 Å². The largest absolute Gasteiger partial charge is 0.373 e. The lowest BCUT2D eigenvalue weighted by atomic mass is 10.00. The topological polar surface area (TPSA) is 114 Å². The number of azo groups is 1. The maximum Gasteiger partial charge on any atom is 0.294 e. The highest BCUT2D eigenvalue weighted by Crippen LogP contribution is 2.23. The Hall–Kier alpha value is -1.87. The summed E-state index contributed by atoms with van der Waals surface area (Å²) in [5.41, 5.74) is 5.39. The van der Waals surface area contributed by atoms with Crippen molar-refractivity contribution >= 4 is 15.8 Å². The van der Waals surface area contributed by atoms with Crippen molar-refractivity contribution in [3.63, 3.8) is 0 Å². The molecule has 2 rings (SSSR count). The van der Waals surface area contributed by atoms with Gasteiger partial charge in [-0.2, -0.15) is 18.6 Å². The number of hydrogen-bond acceptors (Lipinski definition) is 6. The summed E-state index contributed by atoms with van der Waals surface area (Å²) in [7, 11) is -2.70. The first-order valence-electron chi connectivity index (χ1n) is 6.03. The highest BCUT2D eigenvalue weighted by molar-refractivity contribution is 7.85. The van der Waals surface area contributed by atoms with Gasteiger partial charge in [-0.3, -0.25) is 10.3 Å². The molecule has 0 amide bonds. The molecular formula is C13H15N3O4S. The van der Waals surface area contributed by atoms with E-state index in [0.29, 0.717) is 5.69 Å². The second kappa shape index (κ2) is 5.86. The normalized spacial score (nSPS) is 25.6. The first-order chi connectivity index (χ1) is 9.85. The zero-order chi connectivity index (χ0) is 15.5. The highest BCUT2D eigenvalue weighted by atomic mass is 32.2. The Kier molecular flexibility index (Phi) is 4.33. The fourth-order valence-electron chi connectivity index (χ4n) is 1.81. The third-order valence-corrected chi connectivity index (χ3v) is 3.81. The second-order valence-corrected chi connectivity index (χ2v) is 5.88. The van der Waals surface area contributed by atoms with Crippen LogP contribution in [0.15, 0.2) is 63.7 Å². The van der Waals surface area contributed by atoms with E-state index in [1.54, 1.807) is 24.3 Å². The number of nitrogens with two attached hydrogens (primary N) is 1. The van der Waals surface area contributed by atoms with Crippen molar-refractivity contribution in [1.82, 2.24) is 0 Å². The Morgan fingerprint density at radius 2 is 1.95 bits per heavy atom. The lowest BCUT2D eigenvalue weighted by molar-refractivity contribution is 0.0904. The van der Waals surface area contributed by atoms with E-state index in [-0.39, 0.29) is 4.90 Å². The zero-order valence-corrected chi connectivity index (χ0v) is 12.1. The molecule has 0 spiro atoms. The average Bonchev–Trinajstić information content (AvgIpc) is 2.45. The van der Waals surface area contributed by atoms with Crippen LogP contribution in [0.3, 0.4) is 0 Å². The maximum absolute atomic E-state index is 10.9. The monoisotopic (exact) mass is 309 g/mol. The lowest BCUT2D eigenvalue weighted by Gasteiger charge is -2.28. The van der Waals surface area contributed by atoms with Crippen molar-refractivity contribution in [2.45, 2.75) is 16.7 Å². The average molecular weight is 309 g/mol. The molecule has 0 saturated carbocycles. The van der Waals surface area contributed by atoms with Crippen LogP contribution >= 0.6 is 0 Å². The van der Waals surface area contributed by atoms with Crippen LogP contribution in [-0.2, 0) is 14.9 Å². The Morgan fingerprint density at radius 1 is 1.29 bits per heavy atom. The van der Waals surface area contributed by atoms with Crippen molar-refractivity contribution < 1.29 is 17.7 Å². The van der Waals surface area contributed by atoms with Gasteiger partial charge in [0.1, 0.15) is 6.10 Å². The second-order valence-electron chi connectivity index (χ2n) is 4.46. The number of rotatable bonds is 4. The lowest BCUT2D eigenvalue weighted by Crippen LogP contribution is -2.48. The fraction of sp³-hybridized carbons (Fsp3) is 0.231. The van der Waals surface area contributed by atoms with E-state index in [2.05, 4.69) is 10.2 Å². The summed E-state index contributed by atoms with van der Waals surface area (Å²) in [6.45, 7) is 0. The molecule has 1 aromatic carbocycles. The van der Waals surface area contributed by atoms with Crippen molar-refractivity contribution in [1.29, 1.82) is 0 Å². The SMILES string of the molecule is COC1C=CC=CC1(N)/N=N/c1ccc(S(=O)(=O)O)cc1. The smallest absolute Gasteiger partial charge is 0.294 e. The number of ether oxygens (including phenoxy) is 1. The van der Waals surface area contributed by atoms with E-state index in [9.17, 15) is 8.42 Å². The minimum absolute atomic E-state index is 0.209. The van der Waals surface area contributed by atoms with Crippen LogP contribution in [0.2, 0.25) is 0 Å². The molecular weight excluding hydrogens is 294 g/mol. The van der Waals surface area contributed by atoms with Gasteiger partial charge in [-0.15, -0.1) is 0 Å². The third kappa shape index (κ3) is 3.61. The Balaban J connectivity index is 2.21. The molecule has 0 aliphatic heterocycles. The molecule has 0 aromatic heterocycles. The Labute approximate surface area is 122 Å². The summed E-state index contributed by atoms with van der Waals surface area (Å²) in [6.07, 6.45) is 6.53. The minimum atomic E-state index is -4.22. The van der Waals surface area contributed by atoms with Crippen LogP contribution in [0.1, 0.15) is 0 Å². The van der Waals surface area contributed by atoms with Crippen LogP contribution < -0.4 is 5.73 Å². The van der Waals surface area contributed by atoms with Crippen molar-refractivity contribution in [3.8, 4) is 0 Å². The number of allylic oxidation sites excluding steroid dienone is 2. The summed E-state index contributed by atoms with van der Waals surface area (Å²) < 4.78 is 36.0. The summed E-state index contributed by atoms with van der Waals surface area (Å²) in [5.74, 6) is 0. The molecule has 2 unspecified atom stereocenters. The number of hydrogen-bond donors (Lipinski definition) is 2. The van der Waals surface area contributed by atoms with Crippen LogP contribution in [0.5, 0.6) is 0 Å². The molecule has 0 radical (unpaired) electrons. The predicted octanol–water partition coefficient (Wildman–Crippen LogP) is 1.81. The molecule has 112 valence electrons. The quantitative estimate of drug-likeness (QED) is 0.650. The number of benzene rings is 1. The molecule has 7 nitrogen and oxygen atoms in total. The zero-order valence-electron chi connectivity index (χ0n) is 11.2. The van der Waals surface area contributed by atoms with Crippen LogP contribution in [-0.4, -0.2) is 31.8 Å². The van der Waals surface area contributed by atoms with Crippen LogP contribution in [0.4, 0.5) is 5.69 Å². The van der Waals surface area contributed by atoms with Crippen LogP contribution in [0.25, 0.3) is 0 Å². The molecule has 0 saturated heterocycles. The van der Waals surface area contributed by atoms with Crippen LogP contribution in [0, 0.1) is 0 Å². The molecule has 3 N–H and O–H groups in total. The van der Waals surface area contributed by atoms with Gasteiger partial charge >= 0.3 is 0 Å². The van der Waals surface area contributed by atoms with Gasteiger partial charge in [-0.1, -0.05) is 18.2 Å². The van der Waals surface area contributed by atoms with E-state index >= 15 is 0 Å². The Bertz CT molecular complexity index is 695. The van der Waals surface area contributed by atoms with Gasteiger partial charge in [-0.05, 0) is 30.3 Å². The number of nitrogens with zero attached hydrogens (tertiary/aromatic N) is 2. The predicted molar refractivity (Wildman–Crippen MR) is 76.8 cm³/mol. The summed E-state index contributed by atoms with van der Waals surface area (Å²) in [4.78, 5) is -0.209. The van der Waals surface area contributed by atoms with Crippen molar-refractivity contribution in [3.05, 3.63) is 48.6 Å². The van der Waals surface area contributed by atoms with Gasteiger partial charge in [0.2, 0.25) is 0 Å². The van der Waals surface area contributed by atoms with Gasteiger partial charge in [0, 0.05) is 7.11 Å². The first-order valence-corrected chi connectivity index (χ1v) is 7.47. The Morgan fingerprint density at radius 3 is 2.52 bits per heavy atom. The number of methoxy groups -OCH3 is 1. The van der Waals surface area contributed by atoms with Gasteiger partial charge in [0.05, 0.1) is 10.6 Å². The molecule has 0 bridgehead atoms. The molecule has 1 aliphatic rings. The standard InChI is InChI=1S/C13H15N3O4S/c1-20-12-4-2-3-9-13(12,14)16-15-10-5-7-11(8-6-10)21(17,18)19/h2-9,12H,14H2,1H3,(H,17,18,19)/b16-15+. The fourth-order valence-corrected chi connectivity index (χ4v) is 2.29. The molecule has 1 aromatic rings. The highest BCUT2D eigenvalue weighted by Gasteiger charge is 2.32. The molecule has 8 heteroatoms. The summed E-state index contributed by atoms with van der Waals surface area (Å²) in [6, 6.07) is 5.30. The van der Waals surface area contributed by atoms with Gasteiger partial charge in [-0.25, -0.2) is 0 Å². The van der Waals surface area contributed by atoms with Gasteiger partial charge in [0.25, 0.3) is 10.1 Å². The molecule has 21 heavy (non-hydrogen) atoms. The van der Waals surface area contributed by atoms with Crippen molar-refractivity contribution in [2.24, 2.45) is 16.0 Å². The van der Waals surface area contributed by atoms with E-state index in [4.69, 9.17) is 15.0 Å². The van der Waals surface area contributed by atoms with Gasteiger partial charge < -0.3 is 4.74 Å². The minimum Gasteiger partial charge on any atom is -0.373 e. The molecule has 0 fully saturated rings. The van der Waals surface area contributed by atoms with E-state index in [1.165, 1.54) is 31.4 Å². The van der Waals surface area contributed by atoms with E-state index < -0.39 is 21.9 Å². The van der Waals surface area contributed by atoms with E-state index in [0.717, 1.165) is 0 Å². The summed E-state index contributed by atoms with van der Waals surface area (Å²) >= 11 is 0. The molecule has 1 aliphatic carbocycles. The summed E-state index contributed by atoms with van der Waals surface area (Å²) in [5, 5.41) is 8.04. The van der Waals surface area contributed by atoms with Crippen molar-refractivity contribution in [2.75, 3.05) is 7.11 Å². The third-order valence-electron chi connectivity index (χ3n) is 2.94. The first kappa shape index (κ1) is 15.5. The molecule has 2 atom stereocenters. The maximum atomic E-state index is 10.9. The van der Waals surface area contributed by atoms with E-state index in [1.807, 2.05) is 0 Å².